The fourth-order valence-corrected chi connectivity index (χ4v) is 1.75. The van der Waals surface area contributed by atoms with Crippen molar-refractivity contribution in [3.63, 3.8) is 0 Å². The number of benzene rings is 1. The van der Waals surface area contributed by atoms with E-state index in [0.717, 1.165) is 17.9 Å². The van der Waals surface area contributed by atoms with E-state index >= 15 is 0 Å². The standard InChI is InChI=1S/C14H17N3O/c1-10-9-14(17-11(2)16-10)18-13-5-3-12(4-6-13)7-8-15/h3-6,9H,7-8,15H2,1-2H3. The molecule has 2 aromatic rings. The van der Waals surface area contributed by atoms with Crippen LogP contribution in [0.1, 0.15) is 17.1 Å². The number of nitrogens with two attached hydrogens (primary N) is 1. The Balaban J connectivity index is 2.13. The van der Waals surface area contributed by atoms with Gasteiger partial charge in [0.15, 0.2) is 0 Å². The van der Waals surface area contributed by atoms with Crippen LogP contribution in [0.2, 0.25) is 0 Å². The molecule has 0 saturated carbocycles. The van der Waals surface area contributed by atoms with Gasteiger partial charge >= 0.3 is 0 Å². The fraction of sp³-hybridized carbons (Fsp3) is 0.286. The van der Waals surface area contributed by atoms with Crippen LogP contribution in [0, 0.1) is 13.8 Å². The second kappa shape index (κ2) is 5.60. The van der Waals surface area contributed by atoms with Crippen molar-refractivity contribution >= 4 is 0 Å². The molecule has 94 valence electrons. The molecule has 4 heteroatoms. The van der Waals surface area contributed by atoms with Gasteiger partial charge in [0.05, 0.1) is 0 Å². The summed E-state index contributed by atoms with van der Waals surface area (Å²) in [5.41, 5.74) is 7.62. The summed E-state index contributed by atoms with van der Waals surface area (Å²) in [7, 11) is 0. The van der Waals surface area contributed by atoms with Crippen molar-refractivity contribution in [2.45, 2.75) is 20.3 Å². The number of aryl methyl sites for hydroxylation is 2. The van der Waals surface area contributed by atoms with Gasteiger partial charge < -0.3 is 10.5 Å². The monoisotopic (exact) mass is 243 g/mol. The van der Waals surface area contributed by atoms with Crippen LogP contribution in [0.15, 0.2) is 30.3 Å². The topological polar surface area (TPSA) is 61.0 Å². The normalized spacial score (nSPS) is 10.4. The molecule has 2 N–H and O–H groups in total. The van der Waals surface area contributed by atoms with E-state index < -0.39 is 0 Å². The maximum atomic E-state index is 5.69. The van der Waals surface area contributed by atoms with E-state index in [2.05, 4.69) is 9.97 Å². The first kappa shape index (κ1) is 12.5. The summed E-state index contributed by atoms with van der Waals surface area (Å²) in [4.78, 5) is 8.44. The Kier molecular flexibility index (Phi) is 3.89. The Hall–Kier alpha value is -1.94. The third-order valence-corrected chi connectivity index (χ3v) is 2.52. The van der Waals surface area contributed by atoms with Crippen molar-refractivity contribution in [1.82, 2.24) is 9.97 Å². The summed E-state index contributed by atoms with van der Waals surface area (Å²) in [5.74, 6) is 2.06. The first-order valence-electron chi connectivity index (χ1n) is 5.96. The van der Waals surface area contributed by atoms with Crippen molar-refractivity contribution in [3.05, 3.63) is 47.4 Å². The van der Waals surface area contributed by atoms with E-state index in [4.69, 9.17) is 10.5 Å². The lowest BCUT2D eigenvalue weighted by atomic mass is 10.1. The van der Waals surface area contributed by atoms with Crippen LogP contribution in [-0.4, -0.2) is 16.5 Å². The van der Waals surface area contributed by atoms with Gasteiger partial charge in [-0.2, -0.15) is 4.98 Å². The first-order valence-corrected chi connectivity index (χ1v) is 5.96. The summed E-state index contributed by atoms with van der Waals surface area (Å²) in [6.45, 7) is 4.43. The van der Waals surface area contributed by atoms with Gasteiger partial charge in [0, 0.05) is 11.8 Å². The third kappa shape index (κ3) is 3.28. The Morgan fingerprint density at radius 3 is 2.44 bits per heavy atom. The van der Waals surface area contributed by atoms with Crippen molar-refractivity contribution in [2.75, 3.05) is 6.54 Å². The minimum absolute atomic E-state index is 0.576. The number of hydrogen-bond donors (Lipinski definition) is 1. The van der Waals surface area contributed by atoms with Gasteiger partial charge in [0.1, 0.15) is 11.6 Å². The average Bonchev–Trinajstić information content (AvgIpc) is 2.31. The number of nitrogens with zero attached hydrogens (tertiary/aromatic N) is 2. The lowest BCUT2D eigenvalue weighted by Crippen LogP contribution is -2.02. The highest BCUT2D eigenvalue weighted by Crippen LogP contribution is 2.20. The molecule has 18 heavy (non-hydrogen) atoms. The molecule has 0 aliphatic carbocycles. The van der Waals surface area contributed by atoms with Gasteiger partial charge in [-0.05, 0) is 44.5 Å². The highest BCUT2D eigenvalue weighted by Gasteiger charge is 2.02. The lowest BCUT2D eigenvalue weighted by molar-refractivity contribution is 0.459. The van der Waals surface area contributed by atoms with Crippen LogP contribution >= 0.6 is 0 Å². The summed E-state index contributed by atoms with van der Waals surface area (Å²) in [6, 6.07) is 9.71. The van der Waals surface area contributed by atoms with E-state index in [9.17, 15) is 0 Å². The highest BCUT2D eigenvalue weighted by molar-refractivity contribution is 5.31. The van der Waals surface area contributed by atoms with Gasteiger partial charge in [-0.1, -0.05) is 12.1 Å². The van der Waals surface area contributed by atoms with Crippen LogP contribution < -0.4 is 10.5 Å². The summed E-state index contributed by atoms with van der Waals surface area (Å²) < 4.78 is 5.69. The summed E-state index contributed by atoms with van der Waals surface area (Å²) in [6.07, 6.45) is 0.881. The predicted octanol–water partition coefficient (Wildman–Crippen LogP) is 2.39. The van der Waals surface area contributed by atoms with Crippen LogP contribution in [0.3, 0.4) is 0 Å². The molecule has 0 amide bonds. The molecule has 0 saturated heterocycles. The second-order valence-corrected chi connectivity index (χ2v) is 4.18. The van der Waals surface area contributed by atoms with Crippen molar-refractivity contribution in [3.8, 4) is 11.6 Å². The minimum Gasteiger partial charge on any atom is -0.439 e. The molecule has 2 rings (SSSR count). The summed E-state index contributed by atoms with van der Waals surface area (Å²) in [5, 5.41) is 0. The SMILES string of the molecule is Cc1cc(Oc2ccc(CCN)cc2)nc(C)n1. The molecule has 0 fully saturated rings. The molecule has 0 radical (unpaired) electrons. The molecule has 0 unspecified atom stereocenters. The van der Waals surface area contributed by atoms with Crippen LogP contribution in [0.4, 0.5) is 0 Å². The van der Waals surface area contributed by atoms with Crippen molar-refractivity contribution in [1.29, 1.82) is 0 Å². The molecular formula is C14H17N3O. The van der Waals surface area contributed by atoms with Gasteiger partial charge in [0.2, 0.25) is 5.88 Å². The number of aromatic nitrogens is 2. The molecule has 0 atom stereocenters. The molecule has 0 spiro atoms. The van der Waals surface area contributed by atoms with E-state index in [1.165, 1.54) is 5.56 Å². The van der Waals surface area contributed by atoms with Crippen LogP contribution in [0.5, 0.6) is 11.6 Å². The summed E-state index contributed by atoms with van der Waals surface area (Å²) >= 11 is 0. The average molecular weight is 243 g/mol. The number of hydrogen-bond acceptors (Lipinski definition) is 4. The Morgan fingerprint density at radius 1 is 1.11 bits per heavy atom. The van der Waals surface area contributed by atoms with Crippen LogP contribution in [0.25, 0.3) is 0 Å². The van der Waals surface area contributed by atoms with Gasteiger partial charge in [-0.25, -0.2) is 4.98 Å². The maximum Gasteiger partial charge on any atom is 0.222 e. The number of ether oxygens (including phenoxy) is 1. The Labute approximate surface area is 107 Å². The molecular weight excluding hydrogens is 226 g/mol. The lowest BCUT2D eigenvalue weighted by Gasteiger charge is -2.07. The fourth-order valence-electron chi connectivity index (χ4n) is 1.75. The van der Waals surface area contributed by atoms with Crippen LogP contribution in [-0.2, 0) is 6.42 Å². The Bertz CT molecular complexity index is 503. The molecule has 0 bridgehead atoms. The largest absolute Gasteiger partial charge is 0.439 e. The molecule has 1 heterocycles. The Morgan fingerprint density at radius 2 is 1.83 bits per heavy atom. The molecule has 1 aromatic heterocycles. The molecule has 4 nitrogen and oxygen atoms in total. The van der Waals surface area contributed by atoms with E-state index in [1.54, 1.807) is 0 Å². The highest BCUT2D eigenvalue weighted by atomic mass is 16.5. The van der Waals surface area contributed by atoms with E-state index in [0.29, 0.717) is 18.2 Å². The minimum atomic E-state index is 0.576. The molecule has 1 aromatic carbocycles. The predicted molar refractivity (Wildman–Crippen MR) is 70.8 cm³/mol. The second-order valence-electron chi connectivity index (χ2n) is 4.18. The zero-order valence-electron chi connectivity index (χ0n) is 10.7. The van der Waals surface area contributed by atoms with E-state index in [1.807, 2.05) is 44.2 Å². The van der Waals surface area contributed by atoms with Crippen molar-refractivity contribution in [2.24, 2.45) is 5.73 Å². The van der Waals surface area contributed by atoms with Gasteiger partial charge in [-0.15, -0.1) is 0 Å². The number of rotatable bonds is 4. The molecule has 0 aliphatic heterocycles. The first-order chi connectivity index (χ1) is 8.67. The van der Waals surface area contributed by atoms with E-state index in [-0.39, 0.29) is 0 Å². The van der Waals surface area contributed by atoms with Gasteiger partial charge in [0.25, 0.3) is 0 Å². The zero-order valence-corrected chi connectivity index (χ0v) is 10.7. The maximum absolute atomic E-state index is 5.69. The zero-order chi connectivity index (χ0) is 13.0. The quantitative estimate of drug-likeness (QED) is 0.895. The smallest absolute Gasteiger partial charge is 0.222 e. The van der Waals surface area contributed by atoms with Crippen molar-refractivity contribution < 1.29 is 4.74 Å². The van der Waals surface area contributed by atoms with Gasteiger partial charge in [-0.3, -0.25) is 0 Å². The molecule has 0 aliphatic rings. The third-order valence-electron chi connectivity index (χ3n) is 2.52.